The number of pyridine rings is 1. The van der Waals surface area contributed by atoms with Crippen molar-refractivity contribution in [1.82, 2.24) is 19.5 Å². The molecule has 4 heterocycles. The molecule has 168 valence electrons. The summed E-state index contributed by atoms with van der Waals surface area (Å²) >= 11 is 0. The van der Waals surface area contributed by atoms with Crippen LogP contribution in [0.4, 0.5) is 5.82 Å². The molecule has 1 aliphatic heterocycles. The Kier molecular flexibility index (Phi) is 5.74. The third kappa shape index (κ3) is 4.23. The molecule has 3 aromatic rings. The standard InChI is InChI=1S/C19H20N5O7P/c1-19(26)15(25)13(9-30-32(27,28)29)31-18(19)24-8-11(5-6-12-4-2-3-7-21-12)14-16(20)22-10-23-17(14)24/h2-4,7-8,10,13,15,18,25-26H,9H2,1H3,(H2,20,22,23)(H2,27,28,29)/t13?,15?,18?,19-/m1/s1. The van der Waals surface area contributed by atoms with Gasteiger partial charge in [-0.2, -0.15) is 0 Å². The van der Waals surface area contributed by atoms with Crippen LogP contribution in [-0.2, 0) is 13.8 Å². The number of nitrogens with two attached hydrogens (primary N) is 1. The lowest BCUT2D eigenvalue weighted by molar-refractivity contribution is -0.0947. The Labute approximate surface area is 181 Å². The summed E-state index contributed by atoms with van der Waals surface area (Å²) in [7, 11) is -4.80. The molecule has 3 aromatic heterocycles. The minimum absolute atomic E-state index is 0.152. The van der Waals surface area contributed by atoms with Gasteiger partial charge in [0.2, 0.25) is 0 Å². The topological polar surface area (TPSA) is 186 Å². The van der Waals surface area contributed by atoms with Crippen molar-refractivity contribution >= 4 is 24.7 Å². The highest BCUT2D eigenvalue weighted by Gasteiger charge is 2.54. The minimum atomic E-state index is -4.80. The summed E-state index contributed by atoms with van der Waals surface area (Å²) in [4.78, 5) is 30.2. The average molecular weight is 461 g/mol. The Balaban J connectivity index is 1.75. The summed E-state index contributed by atoms with van der Waals surface area (Å²) < 4.78 is 22.6. The molecular weight excluding hydrogens is 441 g/mol. The Morgan fingerprint density at radius 2 is 2.09 bits per heavy atom. The summed E-state index contributed by atoms with van der Waals surface area (Å²) in [5, 5.41) is 21.9. The van der Waals surface area contributed by atoms with Gasteiger partial charge in [0.25, 0.3) is 0 Å². The van der Waals surface area contributed by atoms with E-state index in [4.69, 9.17) is 20.3 Å². The van der Waals surface area contributed by atoms with E-state index in [0.29, 0.717) is 16.6 Å². The highest BCUT2D eigenvalue weighted by atomic mass is 31.2. The van der Waals surface area contributed by atoms with Crippen molar-refractivity contribution in [2.45, 2.75) is 31.0 Å². The smallest absolute Gasteiger partial charge is 0.387 e. The van der Waals surface area contributed by atoms with Crippen LogP contribution in [0.15, 0.2) is 36.9 Å². The number of rotatable bonds is 4. The molecule has 0 spiro atoms. The molecule has 4 rings (SSSR count). The number of phosphoric acid groups is 1. The van der Waals surface area contributed by atoms with Gasteiger partial charge in [-0.25, -0.2) is 19.5 Å². The van der Waals surface area contributed by atoms with Gasteiger partial charge in [0.1, 0.15) is 41.3 Å². The first-order valence-corrected chi connectivity index (χ1v) is 10.9. The number of ether oxygens (including phenoxy) is 1. The minimum Gasteiger partial charge on any atom is -0.387 e. The van der Waals surface area contributed by atoms with Gasteiger partial charge in [0, 0.05) is 12.4 Å². The fourth-order valence-electron chi connectivity index (χ4n) is 3.50. The normalized spacial score (nSPS) is 25.6. The summed E-state index contributed by atoms with van der Waals surface area (Å²) in [5.41, 5.74) is 5.44. The third-order valence-electron chi connectivity index (χ3n) is 5.04. The second-order valence-corrected chi connectivity index (χ2v) is 8.60. The van der Waals surface area contributed by atoms with E-state index in [1.807, 2.05) is 0 Å². The lowest BCUT2D eigenvalue weighted by Gasteiger charge is -2.27. The number of hydrogen-bond donors (Lipinski definition) is 5. The molecule has 0 saturated carbocycles. The summed E-state index contributed by atoms with van der Waals surface area (Å²) in [6, 6.07) is 5.29. The van der Waals surface area contributed by atoms with Crippen molar-refractivity contribution in [3.8, 4) is 11.8 Å². The molecule has 1 saturated heterocycles. The fourth-order valence-corrected chi connectivity index (χ4v) is 3.84. The van der Waals surface area contributed by atoms with E-state index in [1.54, 1.807) is 30.6 Å². The molecule has 12 nitrogen and oxygen atoms in total. The monoisotopic (exact) mass is 461 g/mol. The van der Waals surface area contributed by atoms with E-state index in [1.165, 1.54) is 17.8 Å². The number of aliphatic hydroxyl groups excluding tert-OH is 1. The van der Waals surface area contributed by atoms with Crippen LogP contribution in [0.2, 0.25) is 0 Å². The maximum atomic E-state index is 11.0. The van der Waals surface area contributed by atoms with Crippen LogP contribution in [-0.4, -0.2) is 63.9 Å². The van der Waals surface area contributed by atoms with Gasteiger partial charge in [0.05, 0.1) is 17.6 Å². The van der Waals surface area contributed by atoms with Gasteiger partial charge in [-0.15, -0.1) is 0 Å². The zero-order valence-electron chi connectivity index (χ0n) is 16.7. The predicted molar refractivity (Wildman–Crippen MR) is 111 cm³/mol. The van der Waals surface area contributed by atoms with Crippen molar-refractivity contribution in [3.05, 3.63) is 48.2 Å². The maximum absolute atomic E-state index is 11.0. The Bertz CT molecular complexity index is 1250. The fraction of sp³-hybridized carbons (Fsp3) is 0.316. The number of aliphatic hydroxyl groups is 2. The van der Waals surface area contributed by atoms with Crippen molar-refractivity contribution in [2.24, 2.45) is 0 Å². The van der Waals surface area contributed by atoms with E-state index >= 15 is 0 Å². The molecule has 4 atom stereocenters. The maximum Gasteiger partial charge on any atom is 0.469 e. The van der Waals surface area contributed by atoms with Gasteiger partial charge in [-0.1, -0.05) is 12.0 Å². The van der Waals surface area contributed by atoms with Crippen molar-refractivity contribution in [1.29, 1.82) is 0 Å². The second kappa shape index (κ2) is 8.23. The SMILES string of the molecule is C[C@@]1(O)C(O)C(COP(=O)(O)O)OC1n1cc(C#Cc2ccccn2)c2c(N)ncnc21. The quantitative estimate of drug-likeness (QED) is 0.258. The number of nitrogens with zero attached hydrogens (tertiary/aromatic N) is 4. The predicted octanol–water partition coefficient (Wildman–Crippen LogP) is -0.0731. The largest absolute Gasteiger partial charge is 0.469 e. The summed E-state index contributed by atoms with van der Waals surface area (Å²) in [6.45, 7) is 0.691. The van der Waals surface area contributed by atoms with Crippen LogP contribution < -0.4 is 5.73 Å². The van der Waals surface area contributed by atoms with Gasteiger partial charge in [-0.05, 0) is 25.0 Å². The number of anilines is 1. The lowest BCUT2D eigenvalue weighted by atomic mass is 9.96. The van der Waals surface area contributed by atoms with E-state index in [2.05, 4.69) is 31.3 Å². The molecule has 0 bridgehead atoms. The van der Waals surface area contributed by atoms with E-state index in [-0.39, 0.29) is 11.5 Å². The van der Waals surface area contributed by atoms with Gasteiger partial charge >= 0.3 is 7.82 Å². The van der Waals surface area contributed by atoms with Crippen molar-refractivity contribution in [2.75, 3.05) is 12.3 Å². The highest BCUT2D eigenvalue weighted by Crippen LogP contribution is 2.43. The van der Waals surface area contributed by atoms with Crippen LogP contribution >= 0.6 is 7.82 Å². The number of fused-ring (bicyclic) bond motifs is 1. The van der Waals surface area contributed by atoms with Crippen LogP contribution in [0.5, 0.6) is 0 Å². The molecular formula is C19H20N5O7P. The van der Waals surface area contributed by atoms with E-state index < -0.39 is 38.5 Å². The number of hydrogen-bond acceptors (Lipinski definition) is 9. The van der Waals surface area contributed by atoms with E-state index in [0.717, 1.165) is 0 Å². The van der Waals surface area contributed by atoms with Crippen LogP contribution in [0.3, 0.4) is 0 Å². The second-order valence-electron chi connectivity index (χ2n) is 7.36. The van der Waals surface area contributed by atoms with Crippen molar-refractivity contribution in [3.63, 3.8) is 0 Å². The highest BCUT2D eigenvalue weighted by molar-refractivity contribution is 7.46. The molecule has 1 fully saturated rings. The molecule has 3 unspecified atom stereocenters. The van der Waals surface area contributed by atoms with Gasteiger partial charge < -0.3 is 35.0 Å². The molecule has 32 heavy (non-hydrogen) atoms. The Hall–Kier alpha value is -2.88. The third-order valence-corrected chi connectivity index (χ3v) is 5.53. The number of phosphoric ester groups is 1. The molecule has 0 aliphatic carbocycles. The molecule has 13 heteroatoms. The number of nitrogen functional groups attached to an aromatic ring is 1. The first-order chi connectivity index (χ1) is 15.1. The van der Waals surface area contributed by atoms with E-state index in [9.17, 15) is 14.8 Å². The van der Waals surface area contributed by atoms with Crippen LogP contribution in [0.25, 0.3) is 11.0 Å². The average Bonchev–Trinajstić information content (AvgIpc) is 3.21. The van der Waals surface area contributed by atoms with Crippen molar-refractivity contribution < 1.29 is 33.8 Å². The number of aromatic nitrogens is 4. The first-order valence-electron chi connectivity index (χ1n) is 9.38. The Morgan fingerprint density at radius 3 is 2.78 bits per heavy atom. The summed E-state index contributed by atoms with van der Waals surface area (Å²) in [6.07, 6.45) is 0.462. The zero-order chi connectivity index (χ0) is 23.1. The van der Waals surface area contributed by atoms with Gasteiger partial charge in [0.15, 0.2) is 6.23 Å². The Morgan fingerprint density at radius 1 is 1.31 bits per heavy atom. The van der Waals surface area contributed by atoms with Crippen LogP contribution in [0.1, 0.15) is 24.4 Å². The summed E-state index contributed by atoms with van der Waals surface area (Å²) in [5.74, 6) is 6.03. The van der Waals surface area contributed by atoms with Crippen LogP contribution in [0, 0.1) is 11.8 Å². The molecule has 0 aromatic carbocycles. The first kappa shape index (κ1) is 22.3. The zero-order valence-corrected chi connectivity index (χ0v) is 17.6. The lowest BCUT2D eigenvalue weighted by Crippen LogP contribution is -2.44. The van der Waals surface area contributed by atoms with Gasteiger partial charge in [-0.3, -0.25) is 4.52 Å². The molecule has 6 N–H and O–H groups in total. The molecule has 0 amide bonds. The molecule has 1 aliphatic rings. The molecule has 0 radical (unpaired) electrons.